The number of nitrogens with one attached hydrogen (secondary N) is 1. The van der Waals surface area contributed by atoms with Gasteiger partial charge in [-0.1, -0.05) is 48.5 Å². The van der Waals surface area contributed by atoms with Gasteiger partial charge in [0.25, 0.3) is 0 Å². The second kappa shape index (κ2) is 10.9. The number of anilines is 2. The minimum atomic E-state index is -1.74. The Balaban J connectivity index is 1.60. The van der Waals surface area contributed by atoms with Crippen molar-refractivity contribution in [2.24, 2.45) is 0 Å². The number of hydrogen-bond donors (Lipinski definition) is 1. The number of nitrogens with zero attached hydrogens (tertiary/aromatic N) is 1. The summed E-state index contributed by atoms with van der Waals surface area (Å²) in [4.78, 5) is 13.5. The molecular formula is C27H23FN2O3S. The first-order chi connectivity index (χ1) is 16.5. The topological polar surface area (TPSA) is 64.6 Å². The van der Waals surface area contributed by atoms with E-state index in [1.165, 1.54) is 28.6 Å². The summed E-state index contributed by atoms with van der Waals surface area (Å²) in [5, 5.41) is 2.95. The van der Waals surface area contributed by atoms with E-state index in [2.05, 4.69) is 5.32 Å². The number of carbonyl (C=O) groups is 1. The number of carbonyl (C=O) groups excluding carboxylic acids is 1. The maximum atomic E-state index is 13.4. The van der Waals surface area contributed by atoms with Crippen molar-refractivity contribution in [3.63, 3.8) is 0 Å². The summed E-state index contributed by atoms with van der Waals surface area (Å²) in [6.07, 6.45) is 0. The van der Waals surface area contributed by atoms with Crippen LogP contribution >= 0.6 is 0 Å². The maximum absolute atomic E-state index is 13.4. The van der Waals surface area contributed by atoms with Gasteiger partial charge in [0.2, 0.25) is 5.91 Å². The van der Waals surface area contributed by atoms with E-state index in [9.17, 15) is 13.7 Å². The van der Waals surface area contributed by atoms with E-state index in [4.69, 9.17) is 4.74 Å². The van der Waals surface area contributed by atoms with E-state index in [-0.39, 0.29) is 12.5 Å². The van der Waals surface area contributed by atoms with Gasteiger partial charge in [-0.15, -0.1) is 0 Å². The predicted molar refractivity (Wildman–Crippen MR) is 134 cm³/mol. The monoisotopic (exact) mass is 474 g/mol. The van der Waals surface area contributed by atoms with Crippen LogP contribution in [-0.2, 0) is 16.2 Å². The molecule has 0 fully saturated rings. The van der Waals surface area contributed by atoms with Gasteiger partial charge >= 0.3 is 0 Å². The summed E-state index contributed by atoms with van der Waals surface area (Å²) in [6.45, 7) is -0.181. The van der Waals surface area contributed by atoms with Crippen LogP contribution in [-0.4, -0.2) is 24.1 Å². The largest absolute Gasteiger partial charge is 0.588 e. The quantitative estimate of drug-likeness (QED) is 0.334. The van der Waals surface area contributed by atoms with Gasteiger partial charge in [-0.3, -0.25) is 4.79 Å². The molecule has 4 aromatic carbocycles. The summed E-state index contributed by atoms with van der Waals surface area (Å²) < 4.78 is 33.5. The molecule has 5 nitrogen and oxygen atoms in total. The van der Waals surface area contributed by atoms with Crippen LogP contribution in [0.15, 0.2) is 108 Å². The van der Waals surface area contributed by atoms with E-state index in [1.807, 2.05) is 54.6 Å². The minimum absolute atomic E-state index is 0.181. The molecular weight excluding hydrogens is 451 g/mol. The summed E-state index contributed by atoms with van der Waals surface area (Å²) in [5.41, 5.74) is 3.07. The molecule has 1 N–H and O–H groups in total. The first-order valence-corrected chi connectivity index (χ1v) is 11.7. The minimum Gasteiger partial charge on any atom is -0.588 e. The van der Waals surface area contributed by atoms with Crippen LogP contribution in [0.1, 0.15) is 0 Å². The van der Waals surface area contributed by atoms with Gasteiger partial charge in [0.05, 0.1) is 12.8 Å². The third kappa shape index (κ3) is 5.57. The molecule has 0 saturated carbocycles. The van der Waals surface area contributed by atoms with Crippen molar-refractivity contribution in [2.75, 3.05) is 23.3 Å². The Bertz CT molecular complexity index is 1230. The van der Waals surface area contributed by atoms with Gasteiger partial charge in [0.1, 0.15) is 29.5 Å². The molecule has 1 unspecified atom stereocenters. The zero-order valence-corrected chi connectivity index (χ0v) is 19.3. The molecule has 1 atom stereocenters. The highest BCUT2D eigenvalue weighted by Gasteiger charge is 2.26. The first kappa shape index (κ1) is 23.4. The third-order valence-corrected chi connectivity index (χ3v) is 6.56. The van der Waals surface area contributed by atoms with Crippen LogP contribution in [0.4, 0.5) is 15.8 Å². The fourth-order valence-corrected chi connectivity index (χ4v) is 4.63. The molecule has 4 aromatic rings. The van der Waals surface area contributed by atoms with Crippen molar-refractivity contribution in [2.45, 2.75) is 4.90 Å². The van der Waals surface area contributed by atoms with Crippen LogP contribution in [0, 0.1) is 5.82 Å². The van der Waals surface area contributed by atoms with E-state index >= 15 is 0 Å². The first-order valence-electron chi connectivity index (χ1n) is 10.6. The van der Waals surface area contributed by atoms with Gasteiger partial charge < -0.3 is 14.6 Å². The Morgan fingerprint density at radius 1 is 0.912 bits per heavy atom. The van der Waals surface area contributed by atoms with Crippen LogP contribution in [0.2, 0.25) is 0 Å². The molecule has 0 aromatic heterocycles. The lowest BCUT2D eigenvalue weighted by Crippen LogP contribution is -2.38. The van der Waals surface area contributed by atoms with Gasteiger partial charge in [-0.25, -0.2) is 4.39 Å². The van der Waals surface area contributed by atoms with Crippen LogP contribution < -0.4 is 14.4 Å². The standard InChI is InChI=1S/C27H23FN2O3S/c1-33-23-15-13-22(14-16-23)30(34(32)24-17-11-21(28)12-18-24)19-27(31)29-26-10-6-5-9-25(26)20-7-3-2-4-8-20/h2-18H,19H2,1H3,(H,29,31). The third-order valence-electron chi connectivity index (χ3n) is 5.15. The Morgan fingerprint density at radius 3 is 2.24 bits per heavy atom. The Kier molecular flexibility index (Phi) is 7.47. The molecule has 0 spiro atoms. The molecule has 7 heteroatoms. The Labute approximate surface area is 201 Å². The van der Waals surface area contributed by atoms with Gasteiger partial charge in [0.15, 0.2) is 4.90 Å². The predicted octanol–water partition coefficient (Wildman–Crippen LogP) is 5.67. The van der Waals surface area contributed by atoms with Crippen molar-refractivity contribution in [1.82, 2.24) is 0 Å². The highest BCUT2D eigenvalue weighted by molar-refractivity contribution is 7.92. The maximum Gasteiger partial charge on any atom is 0.248 e. The molecule has 0 aliphatic heterocycles. The number of para-hydroxylation sites is 1. The van der Waals surface area contributed by atoms with Crippen molar-refractivity contribution in [3.05, 3.63) is 109 Å². The zero-order chi connectivity index (χ0) is 23.9. The fourth-order valence-electron chi connectivity index (χ4n) is 3.45. The Morgan fingerprint density at radius 2 is 1.56 bits per heavy atom. The molecule has 34 heavy (non-hydrogen) atoms. The molecule has 172 valence electrons. The molecule has 0 aliphatic rings. The van der Waals surface area contributed by atoms with Crippen LogP contribution in [0.5, 0.6) is 5.75 Å². The van der Waals surface area contributed by atoms with E-state index in [0.717, 1.165) is 11.1 Å². The lowest BCUT2D eigenvalue weighted by atomic mass is 10.0. The number of methoxy groups -OCH3 is 1. The zero-order valence-electron chi connectivity index (χ0n) is 18.5. The lowest BCUT2D eigenvalue weighted by molar-refractivity contribution is -0.114. The number of rotatable bonds is 8. The van der Waals surface area contributed by atoms with E-state index in [0.29, 0.717) is 22.0 Å². The summed E-state index contributed by atoms with van der Waals surface area (Å²) in [5.74, 6) is -0.126. The molecule has 1 amide bonds. The number of benzene rings is 4. The number of amides is 1. The molecule has 4 rings (SSSR count). The average Bonchev–Trinajstić information content (AvgIpc) is 2.88. The highest BCUT2D eigenvalue weighted by atomic mass is 32.2. The Hall–Kier alpha value is -3.81. The molecule has 0 saturated heterocycles. The molecule has 0 heterocycles. The van der Waals surface area contributed by atoms with E-state index in [1.54, 1.807) is 31.4 Å². The summed E-state index contributed by atoms with van der Waals surface area (Å²) >= 11 is -1.74. The number of hydrogen-bond acceptors (Lipinski definition) is 4. The van der Waals surface area contributed by atoms with Crippen LogP contribution in [0.25, 0.3) is 11.1 Å². The summed E-state index contributed by atoms with van der Waals surface area (Å²) in [6, 6.07) is 29.6. The number of halogens is 1. The van der Waals surface area contributed by atoms with Crippen LogP contribution in [0.3, 0.4) is 0 Å². The summed E-state index contributed by atoms with van der Waals surface area (Å²) in [7, 11) is 1.56. The van der Waals surface area contributed by atoms with Crippen molar-refractivity contribution in [1.29, 1.82) is 0 Å². The smallest absolute Gasteiger partial charge is 0.248 e. The van der Waals surface area contributed by atoms with Gasteiger partial charge in [-0.05, 0) is 60.2 Å². The molecule has 0 aliphatic carbocycles. The lowest BCUT2D eigenvalue weighted by Gasteiger charge is -2.25. The second-order valence-electron chi connectivity index (χ2n) is 7.40. The SMILES string of the molecule is COc1ccc(N(CC(=O)Nc2ccccc2-c2ccccc2)[S+]([O-])c2ccc(F)cc2)cc1. The van der Waals surface area contributed by atoms with E-state index < -0.39 is 17.2 Å². The van der Waals surface area contributed by atoms with Gasteiger partial charge in [-0.2, -0.15) is 4.31 Å². The van der Waals surface area contributed by atoms with Crippen molar-refractivity contribution >= 4 is 28.6 Å². The molecule has 0 bridgehead atoms. The molecule has 0 radical (unpaired) electrons. The second-order valence-corrected chi connectivity index (χ2v) is 8.81. The average molecular weight is 475 g/mol. The van der Waals surface area contributed by atoms with Crippen molar-refractivity contribution in [3.8, 4) is 16.9 Å². The normalized spacial score (nSPS) is 11.5. The fraction of sp³-hybridized carbons (Fsp3) is 0.0741. The highest BCUT2D eigenvalue weighted by Crippen LogP contribution is 2.29. The van der Waals surface area contributed by atoms with Crippen molar-refractivity contribution < 1.29 is 18.5 Å². The van der Waals surface area contributed by atoms with Gasteiger partial charge in [0, 0.05) is 11.3 Å². The number of ether oxygens (including phenoxy) is 1.